The van der Waals surface area contributed by atoms with E-state index in [2.05, 4.69) is 27.5 Å². The highest BCUT2D eigenvalue weighted by atomic mass is 16.6. The normalized spacial score (nSPS) is 14.4. The molecule has 1 aliphatic heterocycles. The Morgan fingerprint density at radius 3 is 2.47 bits per heavy atom. The minimum atomic E-state index is -0.690. The lowest BCUT2D eigenvalue weighted by atomic mass is 9.93. The number of anilines is 1. The van der Waals surface area contributed by atoms with Gasteiger partial charge in [0.2, 0.25) is 11.8 Å². The smallest absolute Gasteiger partial charge is 0.251 e. The third-order valence-corrected chi connectivity index (χ3v) is 7.74. The van der Waals surface area contributed by atoms with Crippen LogP contribution in [0.3, 0.4) is 0 Å². The first-order valence-corrected chi connectivity index (χ1v) is 14.9. The second-order valence-electron chi connectivity index (χ2n) is 10.9. The van der Waals surface area contributed by atoms with Crippen molar-refractivity contribution in [3.63, 3.8) is 0 Å². The van der Waals surface area contributed by atoms with Crippen LogP contribution in [0.4, 0.5) is 5.69 Å². The van der Waals surface area contributed by atoms with Gasteiger partial charge in [0, 0.05) is 36.7 Å². The average Bonchev–Trinajstić information content (AvgIpc) is 3.45. The van der Waals surface area contributed by atoms with Crippen LogP contribution < -0.4 is 21.4 Å². The van der Waals surface area contributed by atoms with Crippen LogP contribution in [-0.4, -0.2) is 36.9 Å². The highest BCUT2D eigenvalue weighted by Gasteiger charge is 2.29. The van der Waals surface area contributed by atoms with Crippen molar-refractivity contribution in [3.05, 3.63) is 114 Å². The van der Waals surface area contributed by atoms with E-state index in [4.69, 9.17) is 4.84 Å². The van der Waals surface area contributed by atoms with Crippen molar-refractivity contribution < 1.29 is 19.2 Å². The Labute approximate surface area is 252 Å². The minimum absolute atomic E-state index is 0.103. The second kappa shape index (κ2) is 15.0. The van der Waals surface area contributed by atoms with E-state index in [9.17, 15) is 14.4 Å². The van der Waals surface area contributed by atoms with Crippen molar-refractivity contribution in [2.45, 2.75) is 50.7 Å². The SMILES string of the molecule is O=C(CCCCCNC(=O)[C@H](CC1CNc2ccccc21)NC(=O)c1ccc2ccccc2c1)NOCc1ccccc1. The summed E-state index contributed by atoms with van der Waals surface area (Å²) in [6.07, 6.45) is 3.02. The maximum absolute atomic E-state index is 13.4. The van der Waals surface area contributed by atoms with E-state index < -0.39 is 6.04 Å². The molecule has 1 heterocycles. The molecule has 8 heteroatoms. The summed E-state index contributed by atoms with van der Waals surface area (Å²) >= 11 is 0. The van der Waals surface area contributed by atoms with Gasteiger partial charge in [-0.15, -0.1) is 0 Å². The molecule has 3 amide bonds. The number of amides is 3. The first-order valence-electron chi connectivity index (χ1n) is 14.9. The van der Waals surface area contributed by atoms with Gasteiger partial charge >= 0.3 is 0 Å². The van der Waals surface area contributed by atoms with E-state index in [1.807, 2.05) is 84.9 Å². The molecule has 5 rings (SSSR count). The van der Waals surface area contributed by atoms with Gasteiger partial charge in [0.15, 0.2) is 0 Å². The molecule has 0 spiro atoms. The third kappa shape index (κ3) is 8.42. The summed E-state index contributed by atoms with van der Waals surface area (Å²) in [6.45, 7) is 1.50. The summed E-state index contributed by atoms with van der Waals surface area (Å²) in [4.78, 5) is 44.0. The van der Waals surface area contributed by atoms with Gasteiger partial charge in [-0.1, -0.05) is 85.3 Å². The minimum Gasteiger partial charge on any atom is -0.384 e. The molecule has 0 saturated heterocycles. The Morgan fingerprint density at radius 2 is 1.60 bits per heavy atom. The van der Waals surface area contributed by atoms with Gasteiger partial charge < -0.3 is 16.0 Å². The molecule has 1 aliphatic rings. The zero-order valence-corrected chi connectivity index (χ0v) is 24.2. The molecule has 4 aromatic rings. The molecule has 0 aromatic heterocycles. The van der Waals surface area contributed by atoms with Crippen molar-refractivity contribution in [2.24, 2.45) is 0 Å². The fraction of sp³-hybridized carbons (Fsp3) is 0.286. The first-order chi connectivity index (χ1) is 21.1. The van der Waals surface area contributed by atoms with Gasteiger partial charge in [0.25, 0.3) is 5.91 Å². The average molecular weight is 579 g/mol. The number of rotatable bonds is 14. The zero-order chi connectivity index (χ0) is 29.9. The fourth-order valence-corrected chi connectivity index (χ4v) is 5.40. The number of fused-ring (bicyclic) bond motifs is 2. The van der Waals surface area contributed by atoms with E-state index in [-0.39, 0.29) is 23.6 Å². The van der Waals surface area contributed by atoms with Gasteiger partial charge in [0.1, 0.15) is 6.04 Å². The number of para-hydroxylation sites is 1. The van der Waals surface area contributed by atoms with Crippen LogP contribution in [0.1, 0.15) is 59.5 Å². The molecule has 0 radical (unpaired) electrons. The fourth-order valence-electron chi connectivity index (χ4n) is 5.40. The van der Waals surface area contributed by atoms with E-state index in [1.54, 1.807) is 6.07 Å². The molecule has 0 aliphatic carbocycles. The second-order valence-corrected chi connectivity index (χ2v) is 10.9. The lowest BCUT2D eigenvalue weighted by Crippen LogP contribution is -2.47. The lowest BCUT2D eigenvalue weighted by molar-refractivity contribution is -0.134. The van der Waals surface area contributed by atoms with E-state index in [0.29, 0.717) is 44.5 Å². The van der Waals surface area contributed by atoms with Crippen molar-refractivity contribution in [3.8, 4) is 0 Å². The summed E-state index contributed by atoms with van der Waals surface area (Å²) in [7, 11) is 0. The van der Waals surface area contributed by atoms with Crippen LogP contribution in [-0.2, 0) is 21.0 Å². The number of hydrogen-bond donors (Lipinski definition) is 4. The standard InChI is InChI=1S/C35H38N4O4/c40-33(39-43-24-25-11-3-1-4-12-25)17-5-2-10-20-36-35(42)32(22-29-23-37-31-16-9-8-15-30(29)31)38-34(41)28-19-18-26-13-6-7-14-27(26)21-28/h1,3-4,6-9,11-16,18-19,21,29,32,37H,2,5,10,17,20,22-24H2,(H,36,42)(H,38,41)(H,39,40)/t29?,32-/m0/s1. The Hall–Kier alpha value is -4.69. The summed E-state index contributed by atoms with van der Waals surface area (Å²) in [6, 6.07) is 30.5. The maximum atomic E-state index is 13.4. The Balaban J connectivity index is 1.10. The first kappa shape index (κ1) is 29.8. The lowest BCUT2D eigenvalue weighted by Gasteiger charge is -2.22. The molecule has 0 bridgehead atoms. The molecule has 1 unspecified atom stereocenters. The number of carbonyl (C=O) groups excluding carboxylic acids is 3. The van der Waals surface area contributed by atoms with Crippen molar-refractivity contribution in [1.29, 1.82) is 0 Å². The molecule has 4 N–H and O–H groups in total. The molecule has 222 valence electrons. The highest BCUT2D eigenvalue weighted by molar-refractivity contribution is 6.00. The summed E-state index contributed by atoms with van der Waals surface area (Å²) in [5.74, 6) is -0.537. The largest absolute Gasteiger partial charge is 0.384 e. The van der Waals surface area contributed by atoms with Crippen molar-refractivity contribution in [2.75, 3.05) is 18.4 Å². The Morgan fingerprint density at radius 1 is 0.837 bits per heavy atom. The molecular formula is C35H38N4O4. The molecule has 2 atom stereocenters. The predicted molar refractivity (Wildman–Crippen MR) is 168 cm³/mol. The van der Waals surface area contributed by atoms with E-state index in [0.717, 1.165) is 40.4 Å². The van der Waals surface area contributed by atoms with Gasteiger partial charge in [-0.2, -0.15) is 0 Å². The Bertz CT molecular complexity index is 1540. The quantitative estimate of drug-likeness (QED) is 0.117. The number of carbonyl (C=O) groups is 3. The zero-order valence-electron chi connectivity index (χ0n) is 24.2. The van der Waals surface area contributed by atoms with Gasteiger partial charge in [-0.25, -0.2) is 5.48 Å². The number of benzene rings is 4. The molecular weight excluding hydrogens is 540 g/mol. The van der Waals surface area contributed by atoms with E-state index in [1.165, 1.54) is 0 Å². The van der Waals surface area contributed by atoms with Crippen molar-refractivity contribution in [1.82, 2.24) is 16.1 Å². The van der Waals surface area contributed by atoms with Gasteiger partial charge in [-0.05, 0) is 59.4 Å². The summed E-state index contributed by atoms with van der Waals surface area (Å²) < 4.78 is 0. The maximum Gasteiger partial charge on any atom is 0.251 e. The van der Waals surface area contributed by atoms with Crippen LogP contribution in [0.15, 0.2) is 97.1 Å². The van der Waals surface area contributed by atoms with Crippen LogP contribution in [0.5, 0.6) is 0 Å². The number of hydrogen-bond acceptors (Lipinski definition) is 5. The molecule has 4 aromatic carbocycles. The monoisotopic (exact) mass is 578 g/mol. The van der Waals surface area contributed by atoms with Crippen molar-refractivity contribution >= 4 is 34.2 Å². The highest BCUT2D eigenvalue weighted by Crippen LogP contribution is 2.34. The van der Waals surface area contributed by atoms with Gasteiger partial charge in [-0.3, -0.25) is 19.2 Å². The predicted octanol–water partition coefficient (Wildman–Crippen LogP) is 5.46. The molecule has 0 saturated carbocycles. The topological polar surface area (TPSA) is 109 Å². The van der Waals surface area contributed by atoms with Crippen LogP contribution in [0.25, 0.3) is 10.8 Å². The molecule has 0 fully saturated rings. The van der Waals surface area contributed by atoms with Crippen LogP contribution in [0, 0.1) is 0 Å². The van der Waals surface area contributed by atoms with E-state index >= 15 is 0 Å². The molecule has 43 heavy (non-hydrogen) atoms. The Kier molecular flexibility index (Phi) is 10.4. The van der Waals surface area contributed by atoms with Crippen LogP contribution in [0.2, 0.25) is 0 Å². The van der Waals surface area contributed by atoms with Crippen LogP contribution >= 0.6 is 0 Å². The molecule has 8 nitrogen and oxygen atoms in total. The third-order valence-electron chi connectivity index (χ3n) is 7.74. The number of nitrogens with one attached hydrogen (secondary N) is 4. The summed E-state index contributed by atoms with van der Waals surface area (Å²) in [5.41, 5.74) is 6.22. The number of unbranched alkanes of at least 4 members (excludes halogenated alkanes) is 2. The number of hydroxylamine groups is 1. The van der Waals surface area contributed by atoms with Gasteiger partial charge in [0.05, 0.1) is 6.61 Å². The summed E-state index contributed by atoms with van der Waals surface area (Å²) in [5, 5.41) is 11.5.